The van der Waals surface area contributed by atoms with Crippen LogP contribution >= 0.6 is 0 Å². The van der Waals surface area contributed by atoms with E-state index in [1.54, 1.807) is 24.3 Å². The number of hydrogen-bond donors (Lipinski definition) is 1. The fourth-order valence-corrected chi connectivity index (χ4v) is 2.08. The zero-order chi connectivity index (χ0) is 18.9. The fraction of sp³-hybridized carbons (Fsp3) is 0.150. The summed E-state index contributed by atoms with van der Waals surface area (Å²) in [7, 11) is 0. The van der Waals surface area contributed by atoms with Gasteiger partial charge in [-0.1, -0.05) is 42.5 Å². The Bertz CT molecular complexity index is 836. The topological polar surface area (TPSA) is 102 Å². The lowest BCUT2D eigenvalue weighted by Crippen LogP contribution is -2.37. The van der Waals surface area contributed by atoms with Gasteiger partial charge in [0.25, 0.3) is 5.91 Å². The van der Waals surface area contributed by atoms with Gasteiger partial charge in [0.2, 0.25) is 0 Å². The summed E-state index contributed by atoms with van der Waals surface area (Å²) >= 11 is 0. The number of carboxylic acid groups (broad SMARTS) is 1. The van der Waals surface area contributed by atoms with Gasteiger partial charge < -0.3 is 20.0 Å². The molecule has 1 N–H and O–H groups in total. The summed E-state index contributed by atoms with van der Waals surface area (Å²) in [6, 6.07) is 17.6. The molecule has 0 aliphatic carbocycles. The molecule has 0 radical (unpaired) electrons. The number of nitrogens with zero attached hydrogens (tertiary/aromatic N) is 1. The Balaban J connectivity index is 2.02. The molecule has 132 valence electrons. The van der Waals surface area contributed by atoms with E-state index in [1.807, 2.05) is 36.4 Å². The molecule has 2 aromatic carbocycles. The maximum absolute atomic E-state index is 12.1. The van der Waals surface area contributed by atoms with Gasteiger partial charge in [-0.3, -0.25) is 4.79 Å². The van der Waals surface area contributed by atoms with Gasteiger partial charge in [0.05, 0.1) is 5.97 Å². The standard InChI is InChI=1S/C20H18N2O4/c1-14(20(24)25)26-18-9-7-15(8-10-18)11-17(12-21)19(23)22-13-16-5-3-2-4-6-16/h2-11,14H,13H2,1H3,(H,22,23)(H,24,25)/p-1/b17-11-/t14-/m0/s1. The van der Waals surface area contributed by atoms with Crippen LogP contribution in [0.2, 0.25) is 0 Å². The van der Waals surface area contributed by atoms with E-state index < -0.39 is 18.0 Å². The maximum atomic E-state index is 12.1. The molecule has 2 aromatic rings. The zero-order valence-corrected chi connectivity index (χ0v) is 14.1. The van der Waals surface area contributed by atoms with Crippen molar-refractivity contribution >= 4 is 18.0 Å². The zero-order valence-electron chi connectivity index (χ0n) is 14.1. The third kappa shape index (κ3) is 5.49. The van der Waals surface area contributed by atoms with Gasteiger partial charge in [-0.05, 0) is 36.3 Å². The highest BCUT2D eigenvalue weighted by molar-refractivity contribution is 6.01. The Kier molecular flexibility index (Phi) is 6.52. The second kappa shape index (κ2) is 9.04. The fourth-order valence-electron chi connectivity index (χ4n) is 2.08. The van der Waals surface area contributed by atoms with Crippen LogP contribution in [-0.2, 0) is 16.1 Å². The quantitative estimate of drug-likeness (QED) is 0.602. The van der Waals surface area contributed by atoms with Crippen LogP contribution in [0.15, 0.2) is 60.2 Å². The summed E-state index contributed by atoms with van der Waals surface area (Å²) in [5.74, 6) is -1.43. The number of aliphatic carboxylic acids is 1. The van der Waals surface area contributed by atoms with Crippen molar-refractivity contribution in [3.05, 3.63) is 71.3 Å². The Morgan fingerprint density at radius 3 is 2.42 bits per heavy atom. The van der Waals surface area contributed by atoms with Crippen LogP contribution in [0.25, 0.3) is 6.08 Å². The minimum Gasteiger partial charge on any atom is -0.546 e. The van der Waals surface area contributed by atoms with Gasteiger partial charge in [0.15, 0.2) is 0 Å². The molecular weight excluding hydrogens is 332 g/mol. The normalized spacial score (nSPS) is 11.9. The van der Waals surface area contributed by atoms with Crippen LogP contribution in [0.3, 0.4) is 0 Å². The first-order valence-corrected chi connectivity index (χ1v) is 7.91. The second-order valence-corrected chi connectivity index (χ2v) is 5.49. The summed E-state index contributed by atoms with van der Waals surface area (Å²) in [4.78, 5) is 22.8. The number of benzene rings is 2. The van der Waals surface area contributed by atoms with Crippen molar-refractivity contribution in [2.75, 3.05) is 0 Å². The lowest BCUT2D eigenvalue weighted by molar-refractivity contribution is -0.312. The number of amides is 1. The summed E-state index contributed by atoms with van der Waals surface area (Å²) in [5.41, 5.74) is 1.52. The largest absolute Gasteiger partial charge is 0.546 e. The van der Waals surface area contributed by atoms with Crippen LogP contribution < -0.4 is 15.2 Å². The van der Waals surface area contributed by atoms with E-state index in [2.05, 4.69) is 5.32 Å². The highest BCUT2D eigenvalue weighted by Gasteiger charge is 2.09. The first-order chi connectivity index (χ1) is 12.5. The van der Waals surface area contributed by atoms with Crippen molar-refractivity contribution in [2.24, 2.45) is 0 Å². The Morgan fingerprint density at radius 1 is 1.19 bits per heavy atom. The molecule has 0 aliphatic rings. The van der Waals surface area contributed by atoms with Crippen LogP contribution in [0, 0.1) is 11.3 Å². The summed E-state index contributed by atoms with van der Waals surface area (Å²) in [5, 5.41) is 22.6. The lowest BCUT2D eigenvalue weighted by Gasteiger charge is -2.15. The number of nitriles is 1. The number of rotatable bonds is 7. The smallest absolute Gasteiger partial charge is 0.262 e. The molecule has 0 saturated heterocycles. The number of ether oxygens (including phenoxy) is 1. The van der Waals surface area contributed by atoms with Crippen molar-refractivity contribution < 1.29 is 19.4 Å². The molecule has 0 saturated carbocycles. The molecular formula is C20H17N2O4-. The third-order valence-corrected chi connectivity index (χ3v) is 3.50. The first kappa shape index (κ1) is 18.7. The van der Waals surface area contributed by atoms with Crippen LogP contribution in [-0.4, -0.2) is 18.0 Å². The van der Waals surface area contributed by atoms with E-state index in [4.69, 9.17) is 4.74 Å². The van der Waals surface area contributed by atoms with Crippen molar-refractivity contribution in [3.8, 4) is 11.8 Å². The molecule has 1 amide bonds. The van der Waals surface area contributed by atoms with Crippen molar-refractivity contribution in [1.82, 2.24) is 5.32 Å². The van der Waals surface area contributed by atoms with Crippen molar-refractivity contribution in [3.63, 3.8) is 0 Å². The van der Waals surface area contributed by atoms with Gasteiger partial charge in [-0.15, -0.1) is 0 Å². The predicted molar refractivity (Wildman–Crippen MR) is 93.4 cm³/mol. The summed E-state index contributed by atoms with van der Waals surface area (Å²) < 4.78 is 5.17. The minimum atomic E-state index is -1.31. The van der Waals surface area contributed by atoms with E-state index in [9.17, 15) is 20.0 Å². The predicted octanol–water partition coefficient (Wildman–Crippen LogP) is 1.43. The van der Waals surface area contributed by atoms with E-state index in [0.717, 1.165) is 5.56 Å². The number of nitrogens with one attached hydrogen (secondary N) is 1. The Labute approximate surface area is 151 Å². The monoisotopic (exact) mass is 349 g/mol. The number of carboxylic acids is 1. The number of hydrogen-bond acceptors (Lipinski definition) is 5. The van der Waals surface area contributed by atoms with Crippen LogP contribution in [0.1, 0.15) is 18.1 Å². The maximum Gasteiger partial charge on any atom is 0.262 e. The SMILES string of the molecule is C[C@H](Oc1ccc(/C=C(/C#N)C(=O)NCc2ccccc2)cc1)C(=O)[O-]. The highest BCUT2D eigenvalue weighted by atomic mass is 16.5. The van der Waals surface area contributed by atoms with Crippen LogP contribution in [0.5, 0.6) is 5.75 Å². The Morgan fingerprint density at radius 2 is 1.85 bits per heavy atom. The molecule has 26 heavy (non-hydrogen) atoms. The van der Waals surface area contributed by atoms with Crippen molar-refractivity contribution in [2.45, 2.75) is 19.6 Å². The molecule has 2 rings (SSSR count). The molecule has 0 spiro atoms. The molecule has 6 heteroatoms. The lowest BCUT2D eigenvalue weighted by atomic mass is 10.1. The average molecular weight is 349 g/mol. The Hall–Kier alpha value is -3.59. The van der Waals surface area contributed by atoms with Crippen LogP contribution in [0.4, 0.5) is 0 Å². The molecule has 0 unspecified atom stereocenters. The van der Waals surface area contributed by atoms with E-state index in [-0.39, 0.29) is 5.57 Å². The molecule has 1 atom stereocenters. The molecule has 0 heterocycles. The first-order valence-electron chi connectivity index (χ1n) is 7.91. The van der Waals surface area contributed by atoms with E-state index in [0.29, 0.717) is 17.9 Å². The summed E-state index contributed by atoms with van der Waals surface area (Å²) in [6.07, 6.45) is 0.376. The average Bonchev–Trinajstić information content (AvgIpc) is 2.66. The van der Waals surface area contributed by atoms with Gasteiger partial charge in [0, 0.05) is 6.54 Å². The van der Waals surface area contributed by atoms with Gasteiger partial charge in [-0.25, -0.2) is 0 Å². The highest BCUT2D eigenvalue weighted by Crippen LogP contribution is 2.16. The number of carbonyl (C=O) groups is 2. The number of carbonyl (C=O) groups excluding carboxylic acids is 2. The molecule has 0 bridgehead atoms. The van der Waals surface area contributed by atoms with Gasteiger partial charge in [0.1, 0.15) is 23.5 Å². The van der Waals surface area contributed by atoms with Gasteiger partial charge >= 0.3 is 0 Å². The molecule has 0 aliphatic heterocycles. The minimum absolute atomic E-state index is 0.0299. The van der Waals surface area contributed by atoms with E-state index in [1.165, 1.54) is 13.0 Å². The second-order valence-electron chi connectivity index (χ2n) is 5.49. The van der Waals surface area contributed by atoms with E-state index >= 15 is 0 Å². The molecule has 0 fully saturated rings. The van der Waals surface area contributed by atoms with Gasteiger partial charge in [-0.2, -0.15) is 5.26 Å². The molecule has 6 nitrogen and oxygen atoms in total. The van der Waals surface area contributed by atoms with Crippen molar-refractivity contribution in [1.29, 1.82) is 5.26 Å². The summed E-state index contributed by atoms with van der Waals surface area (Å²) in [6.45, 7) is 1.70. The third-order valence-electron chi connectivity index (χ3n) is 3.50. The molecule has 0 aromatic heterocycles.